The zero-order chi connectivity index (χ0) is 10.4. The second-order valence-electron chi connectivity index (χ2n) is 2.43. The van der Waals surface area contributed by atoms with Gasteiger partial charge in [-0.15, -0.1) is 25.3 Å². The van der Waals surface area contributed by atoms with Gasteiger partial charge in [0.25, 0.3) is 0 Å². The Hall–Kier alpha value is -0.0900. The van der Waals surface area contributed by atoms with E-state index in [0.29, 0.717) is 5.02 Å². The summed E-state index contributed by atoms with van der Waals surface area (Å²) < 4.78 is 0. The van der Waals surface area contributed by atoms with Gasteiger partial charge >= 0.3 is 0 Å². The van der Waals surface area contributed by atoms with Gasteiger partial charge in [0.05, 0.1) is 5.02 Å². The van der Waals surface area contributed by atoms with Crippen molar-refractivity contribution in [2.75, 3.05) is 0 Å². The molecule has 1 aromatic carbocycles. The van der Waals surface area contributed by atoms with E-state index in [1.54, 1.807) is 23.5 Å². The molecule has 4 heteroatoms. The highest BCUT2D eigenvalue weighted by molar-refractivity contribution is 7.81. The molecule has 0 saturated heterocycles. The highest BCUT2D eigenvalue weighted by atomic mass is 35.5. The number of thiol groups is 2. The third-order valence-electron chi connectivity index (χ3n) is 1.36. The monoisotopic (exact) mass is 260 g/mol. The SMILES string of the molecule is Sc1ccc(Cl)c(S)c1.c1ccsc1. The molecule has 0 amide bonds. The Balaban J connectivity index is 0.000000165. The van der Waals surface area contributed by atoms with E-state index in [1.807, 2.05) is 29.0 Å². The standard InChI is InChI=1S/C6H5ClS2.C4H4S/c7-5-2-1-4(8)3-6(5)9;1-2-4-5-3-1/h1-3,8-9H;1-4H. The fraction of sp³-hybridized carbons (Fsp3) is 0. The van der Waals surface area contributed by atoms with Crippen molar-refractivity contribution < 1.29 is 0 Å². The van der Waals surface area contributed by atoms with Crippen LogP contribution in [0, 0.1) is 0 Å². The lowest BCUT2D eigenvalue weighted by molar-refractivity contribution is 1.35. The smallest absolute Gasteiger partial charge is 0.0540 e. The van der Waals surface area contributed by atoms with Gasteiger partial charge in [0.1, 0.15) is 0 Å². The lowest BCUT2D eigenvalue weighted by Crippen LogP contribution is -1.68. The van der Waals surface area contributed by atoms with Crippen molar-refractivity contribution >= 4 is 48.2 Å². The maximum Gasteiger partial charge on any atom is 0.0540 e. The summed E-state index contributed by atoms with van der Waals surface area (Å²) in [5.74, 6) is 0. The van der Waals surface area contributed by atoms with E-state index in [-0.39, 0.29) is 0 Å². The van der Waals surface area contributed by atoms with E-state index in [4.69, 9.17) is 11.6 Å². The van der Waals surface area contributed by atoms with Gasteiger partial charge < -0.3 is 0 Å². The summed E-state index contributed by atoms with van der Waals surface area (Å²) >= 11 is 15.6. The van der Waals surface area contributed by atoms with Crippen LogP contribution in [0.25, 0.3) is 0 Å². The van der Waals surface area contributed by atoms with Gasteiger partial charge in [0, 0.05) is 9.79 Å². The average Bonchev–Trinajstić information content (AvgIpc) is 2.69. The molecular formula is C10H9ClS3. The molecular weight excluding hydrogens is 252 g/mol. The molecule has 0 unspecified atom stereocenters. The highest BCUT2D eigenvalue weighted by Gasteiger charge is 1.92. The zero-order valence-corrected chi connectivity index (χ0v) is 10.6. The Morgan fingerprint density at radius 3 is 2.07 bits per heavy atom. The molecule has 0 aliphatic heterocycles. The minimum atomic E-state index is 0.663. The number of rotatable bonds is 0. The Bertz CT molecular complexity index is 354. The summed E-state index contributed by atoms with van der Waals surface area (Å²) in [5, 5.41) is 4.75. The summed E-state index contributed by atoms with van der Waals surface area (Å²) in [6.07, 6.45) is 0. The summed E-state index contributed by atoms with van der Waals surface area (Å²) in [6, 6.07) is 9.43. The summed E-state index contributed by atoms with van der Waals surface area (Å²) in [7, 11) is 0. The van der Waals surface area contributed by atoms with Crippen molar-refractivity contribution in [2.24, 2.45) is 0 Å². The third kappa shape index (κ3) is 4.42. The molecule has 2 aromatic rings. The van der Waals surface area contributed by atoms with Gasteiger partial charge in [-0.2, -0.15) is 11.3 Å². The van der Waals surface area contributed by atoms with Crippen LogP contribution in [-0.2, 0) is 0 Å². The molecule has 0 atom stereocenters. The number of halogens is 1. The van der Waals surface area contributed by atoms with E-state index in [9.17, 15) is 0 Å². The molecule has 0 N–H and O–H groups in total. The molecule has 2 rings (SSSR count). The second-order valence-corrected chi connectivity index (χ2v) is 4.65. The van der Waals surface area contributed by atoms with Crippen LogP contribution in [0.4, 0.5) is 0 Å². The van der Waals surface area contributed by atoms with E-state index < -0.39 is 0 Å². The first-order valence-corrected chi connectivity index (χ1v) is 6.06. The van der Waals surface area contributed by atoms with Gasteiger partial charge in [0.2, 0.25) is 0 Å². The quantitative estimate of drug-likeness (QED) is 0.632. The normalized spacial score (nSPS) is 9.07. The van der Waals surface area contributed by atoms with Crippen LogP contribution >= 0.6 is 48.2 Å². The molecule has 0 fully saturated rings. The molecule has 0 saturated carbocycles. The Labute approximate surface area is 104 Å². The summed E-state index contributed by atoms with van der Waals surface area (Å²) in [5.41, 5.74) is 0. The highest BCUT2D eigenvalue weighted by Crippen LogP contribution is 2.22. The van der Waals surface area contributed by atoms with Crippen LogP contribution in [0.15, 0.2) is 50.9 Å². The zero-order valence-electron chi connectivity index (χ0n) is 7.22. The van der Waals surface area contributed by atoms with Crippen molar-refractivity contribution in [3.05, 3.63) is 46.1 Å². The maximum atomic E-state index is 5.67. The van der Waals surface area contributed by atoms with Crippen LogP contribution in [0.2, 0.25) is 5.02 Å². The van der Waals surface area contributed by atoms with Crippen molar-refractivity contribution in [3.8, 4) is 0 Å². The molecule has 14 heavy (non-hydrogen) atoms. The minimum absolute atomic E-state index is 0.663. The lowest BCUT2D eigenvalue weighted by atomic mass is 10.4. The van der Waals surface area contributed by atoms with Gasteiger partial charge in [-0.05, 0) is 29.0 Å². The largest absolute Gasteiger partial charge is 0.152 e. The number of hydrogen-bond donors (Lipinski definition) is 2. The van der Waals surface area contributed by atoms with Crippen molar-refractivity contribution in [3.63, 3.8) is 0 Å². The fourth-order valence-corrected chi connectivity index (χ4v) is 1.82. The van der Waals surface area contributed by atoms with E-state index >= 15 is 0 Å². The van der Waals surface area contributed by atoms with Crippen molar-refractivity contribution in [1.29, 1.82) is 0 Å². The van der Waals surface area contributed by atoms with Gasteiger partial charge in [0.15, 0.2) is 0 Å². The molecule has 1 aromatic heterocycles. The third-order valence-corrected chi connectivity index (χ3v) is 3.09. The van der Waals surface area contributed by atoms with Crippen molar-refractivity contribution in [2.45, 2.75) is 9.79 Å². The van der Waals surface area contributed by atoms with Crippen LogP contribution in [0.5, 0.6) is 0 Å². The number of hydrogen-bond acceptors (Lipinski definition) is 3. The second kappa shape index (κ2) is 6.40. The van der Waals surface area contributed by atoms with Crippen LogP contribution in [0.1, 0.15) is 0 Å². The number of benzene rings is 1. The van der Waals surface area contributed by atoms with E-state index in [0.717, 1.165) is 9.79 Å². The molecule has 0 nitrogen and oxygen atoms in total. The minimum Gasteiger partial charge on any atom is -0.152 e. The lowest BCUT2D eigenvalue weighted by Gasteiger charge is -1.94. The Kier molecular flexibility index (Phi) is 5.48. The average molecular weight is 261 g/mol. The van der Waals surface area contributed by atoms with Gasteiger partial charge in [-0.25, -0.2) is 0 Å². The molecule has 0 spiro atoms. The summed E-state index contributed by atoms with van der Waals surface area (Å²) in [6.45, 7) is 0. The van der Waals surface area contributed by atoms with Crippen LogP contribution in [0.3, 0.4) is 0 Å². The first-order chi connectivity index (χ1) is 6.70. The topological polar surface area (TPSA) is 0 Å². The van der Waals surface area contributed by atoms with E-state index in [2.05, 4.69) is 25.3 Å². The van der Waals surface area contributed by atoms with Crippen LogP contribution < -0.4 is 0 Å². The molecule has 1 heterocycles. The molecule has 0 aliphatic carbocycles. The van der Waals surface area contributed by atoms with Crippen LogP contribution in [-0.4, -0.2) is 0 Å². The first-order valence-electron chi connectivity index (χ1n) is 3.85. The predicted octanol–water partition coefficient (Wildman–Crippen LogP) is 4.67. The first kappa shape index (κ1) is 12.0. The predicted molar refractivity (Wildman–Crippen MR) is 70.3 cm³/mol. The number of thiophene rings is 1. The van der Waals surface area contributed by atoms with Gasteiger partial charge in [-0.3, -0.25) is 0 Å². The molecule has 0 bridgehead atoms. The molecule has 74 valence electrons. The van der Waals surface area contributed by atoms with Gasteiger partial charge in [-0.1, -0.05) is 23.7 Å². The maximum absolute atomic E-state index is 5.67. The fourth-order valence-electron chi connectivity index (χ4n) is 0.728. The Morgan fingerprint density at radius 1 is 1.07 bits per heavy atom. The molecule has 0 aliphatic rings. The van der Waals surface area contributed by atoms with Crippen molar-refractivity contribution in [1.82, 2.24) is 0 Å². The van der Waals surface area contributed by atoms with E-state index in [1.165, 1.54) is 0 Å². The molecule has 0 radical (unpaired) electrons. The Morgan fingerprint density at radius 2 is 1.71 bits per heavy atom. The summed E-state index contributed by atoms with van der Waals surface area (Å²) in [4.78, 5) is 1.65.